The van der Waals surface area contributed by atoms with Crippen LogP contribution < -0.4 is 5.32 Å². The fourth-order valence-electron chi connectivity index (χ4n) is 1.32. The van der Waals surface area contributed by atoms with Gasteiger partial charge in [-0.1, -0.05) is 6.07 Å². The minimum absolute atomic E-state index is 0. The fourth-order valence-corrected chi connectivity index (χ4v) is 3.48. The molecular weight excluding hydrogens is 326 g/mol. The molecule has 0 saturated carbocycles. The third-order valence-electron chi connectivity index (χ3n) is 2.06. The monoisotopic (exact) mass is 337 g/mol. The van der Waals surface area contributed by atoms with Crippen molar-refractivity contribution in [2.45, 2.75) is 13.0 Å². The van der Waals surface area contributed by atoms with E-state index < -0.39 is 0 Å². The van der Waals surface area contributed by atoms with E-state index in [9.17, 15) is 0 Å². The van der Waals surface area contributed by atoms with E-state index >= 15 is 0 Å². The summed E-state index contributed by atoms with van der Waals surface area (Å²) in [5.74, 6) is 0. The molecule has 0 aromatic carbocycles. The molecule has 0 radical (unpaired) electrons. The van der Waals surface area contributed by atoms with Gasteiger partial charge in [-0.3, -0.25) is 0 Å². The van der Waals surface area contributed by atoms with Crippen LogP contribution in [0.4, 0.5) is 0 Å². The van der Waals surface area contributed by atoms with Gasteiger partial charge in [0, 0.05) is 22.8 Å². The first-order chi connectivity index (χ1) is 7.34. The molecule has 2 aromatic rings. The molecule has 0 aliphatic rings. The van der Waals surface area contributed by atoms with E-state index in [1.165, 1.54) is 13.5 Å². The summed E-state index contributed by atoms with van der Waals surface area (Å²) >= 11 is 7.09. The van der Waals surface area contributed by atoms with Gasteiger partial charge in [0.15, 0.2) is 0 Å². The molecule has 0 amide bonds. The Morgan fingerprint density at radius 3 is 2.69 bits per heavy atom. The van der Waals surface area contributed by atoms with Gasteiger partial charge >= 0.3 is 0 Å². The lowest BCUT2D eigenvalue weighted by atomic mass is 10.3. The van der Waals surface area contributed by atoms with Gasteiger partial charge in [-0.05, 0) is 45.9 Å². The predicted molar refractivity (Wildman–Crippen MR) is 79.0 cm³/mol. The number of rotatable bonds is 5. The highest BCUT2D eigenvalue weighted by atomic mass is 79.9. The van der Waals surface area contributed by atoms with Crippen LogP contribution in [0.5, 0.6) is 0 Å². The van der Waals surface area contributed by atoms with E-state index in [2.05, 4.69) is 50.9 Å². The molecule has 0 fully saturated rings. The number of nitrogens with one attached hydrogen (secondary N) is 1. The summed E-state index contributed by atoms with van der Waals surface area (Å²) in [6.07, 6.45) is 1.11. The highest BCUT2D eigenvalue weighted by molar-refractivity contribution is 9.11. The van der Waals surface area contributed by atoms with E-state index in [-0.39, 0.29) is 12.4 Å². The topological polar surface area (TPSA) is 12.0 Å². The molecule has 2 heterocycles. The molecular formula is C11H13BrClNS2. The molecule has 2 rings (SSSR count). The van der Waals surface area contributed by atoms with Crippen LogP contribution in [0.1, 0.15) is 9.75 Å². The highest BCUT2D eigenvalue weighted by Gasteiger charge is 1.97. The maximum absolute atomic E-state index is 3.47. The van der Waals surface area contributed by atoms with Gasteiger partial charge in [-0.25, -0.2) is 0 Å². The zero-order valence-corrected chi connectivity index (χ0v) is 12.6. The van der Waals surface area contributed by atoms with E-state index in [1.807, 2.05) is 11.3 Å². The van der Waals surface area contributed by atoms with Gasteiger partial charge < -0.3 is 5.32 Å². The lowest BCUT2D eigenvalue weighted by molar-refractivity contribution is 0.697. The summed E-state index contributed by atoms with van der Waals surface area (Å²) in [6.45, 7) is 2.04. The van der Waals surface area contributed by atoms with Gasteiger partial charge in [0.1, 0.15) is 0 Å². The maximum atomic E-state index is 3.47. The second-order valence-electron chi connectivity index (χ2n) is 3.21. The molecule has 0 unspecified atom stereocenters. The first-order valence-corrected chi connectivity index (χ1v) is 7.31. The molecule has 1 N–H and O–H groups in total. The smallest absolute Gasteiger partial charge is 0.0701 e. The second kappa shape index (κ2) is 7.45. The summed E-state index contributed by atoms with van der Waals surface area (Å²) in [6, 6.07) is 8.55. The van der Waals surface area contributed by atoms with Crippen LogP contribution in [0, 0.1) is 0 Å². The van der Waals surface area contributed by atoms with E-state index in [1.54, 1.807) is 11.3 Å². The normalized spacial score (nSPS) is 10.1. The van der Waals surface area contributed by atoms with Crippen LogP contribution in [-0.2, 0) is 13.0 Å². The van der Waals surface area contributed by atoms with Crippen LogP contribution >= 0.6 is 51.0 Å². The van der Waals surface area contributed by atoms with Crippen molar-refractivity contribution in [1.29, 1.82) is 0 Å². The van der Waals surface area contributed by atoms with Gasteiger partial charge in [-0.2, -0.15) is 0 Å². The van der Waals surface area contributed by atoms with Crippen molar-refractivity contribution in [3.8, 4) is 0 Å². The first kappa shape index (κ1) is 14.2. The quantitative estimate of drug-likeness (QED) is 0.800. The minimum atomic E-state index is 0. The predicted octanol–water partition coefficient (Wildman–Crippen LogP) is 4.33. The molecule has 16 heavy (non-hydrogen) atoms. The van der Waals surface area contributed by atoms with Gasteiger partial charge in [0.05, 0.1) is 3.79 Å². The Morgan fingerprint density at radius 1 is 1.19 bits per heavy atom. The Morgan fingerprint density at radius 2 is 2.06 bits per heavy atom. The Bertz CT molecular complexity index is 400. The minimum Gasteiger partial charge on any atom is -0.311 e. The van der Waals surface area contributed by atoms with Gasteiger partial charge in [0.2, 0.25) is 0 Å². The molecule has 0 aliphatic heterocycles. The Kier molecular flexibility index (Phi) is 6.61. The fraction of sp³-hybridized carbons (Fsp3) is 0.273. The summed E-state index contributed by atoms with van der Waals surface area (Å²) in [5, 5.41) is 5.57. The number of hydrogen-bond acceptors (Lipinski definition) is 3. The van der Waals surface area contributed by atoms with E-state index in [4.69, 9.17) is 0 Å². The SMILES string of the molecule is Brc1ccc(CCNCc2cccs2)s1.Cl. The average Bonchev–Trinajstić information content (AvgIpc) is 2.84. The van der Waals surface area contributed by atoms with Crippen molar-refractivity contribution >= 4 is 51.0 Å². The third kappa shape index (κ3) is 4.55. The molecule has 88 valence electrons. The van der Waals surface area contributed by atoms with Crippen molar-refractivity contribution in [3.05, 3.63) is 43.2 Å². The molecule has 0 bridgehead atoms. The highest BCUT2D eigenvalue weighted by Crippen LogP contribution is 2.22. The maximum Gasteiger partial charge on any atom is 0.0701 e. The molecule has 0 spiro atoms. The van der Waals surface area contributed by atoms with Crippen molar-refractivity contribution in [2.24, 2.45) is 0 Å². The van der Waals surface area contributed by atoms with Crippen LogP contribution in [0.25, 0.3) is 0 Å². The molecule has 5 heteroatoms. The number of thiophene rings is 2. The summed E-state index contributed by atoms with van der Waals surface area (Å²) in [7, 11) is 0. The third-order valence-corrected chi connectivity index (χ3v) is 4.62. The largest absolute Gasteiger partial charge is 0.311 e. The zero-order chi connectivity index (χ0) is 10.5. The van der Waals surface area contributed by atoms with E-state index in [0.29, 0.717) is 0 Å². The summed E-state index contributed by atoms with van der Waals surface area (Å²) in [4.78, 5) is 2.84. The standard InChI is InChI=1S/C11H12BrNS2.ClH/c12-11-4-3-9(15-11)5-6-13-8-10-2-1-7-14-10;/h1-4,7,13H,5-6,8H2;1H. The van der Waals surface area contributed by atoms with Crippen LogP contribution in [0.15, 0.2) is 33.4 Å². The Hall–Kier alpha value is 0.130. The molecule has 0 aliphatic carbocycles. The zero-order valence-electron chi connectivity index (χ0n) is 8.61. The molecule has 1 nitrogen and oxygen atoms in total. The van der Waals surface area contributed by atoms with Crippen LogP contribution in [0.2, 0.25) is 0 Å². The molecule has 0 saturated heterocycles. The second-order valence-corrected chi connectivity index (χ2v) is 6.79. The first-order valence-electron chi connectivity index (χ1n) is 4.82. The van der Waals surface area contributed by atoms with Crippen molar-refractivity contribution < 1.29 is 0 Å². The lowest BCUT2D eigenvalue weighted by Crippen LogP contribution is -2.15. The number of hydrogen-bond donors (Lipinski definition) is 1. The molecule has 0 atom stereocenters. The Labute approximate surface area is 118 Å². The summed E-state index contributed by atoms with van der Waals surface area (Å²) in [5.41, 5.74) is 0. The van der Waals surface area contributed by atoms with Crippen molar-refractivity contribution in [3.63, 3.8) is 0 Å². The Balaban J connectivity index is 0.00000128. The van der Waals surface area contributed by atoms with Gasteiger partial charge in [0.25, 0.3) is 0 Å². The van der Waals surface area contributed by atoms with Crippen LogP contribution in [0.3, 0.4) is 0 Å². The summed E-state index contributed by atoms with van der Waals surface area (Å²) < 4.78 is 1.22. The molecule has 2 aromatic heterocycles. The van der Waals surface area contributed by atoms with E-state index in [0.717, 1.165) is 19.5 Å². The lowest BCUT2D eigenvalue weighted by Gasteiger charge is -2.00. The van der Waals surface area contributed by atoms with Crippen LogP contribution in [-0.4, -0.2) is 6.54 Å². The average molecular weight is 339 g/mol. The number of halogens is 2. The van der Waals surface area contributed by atoms with Gasteiger partial charge in [-0.15, -0.1) is 35.1 Å². The van der Waals surface area contributed by atoms with Crippen molar-refractivity contribution in [2.75, 3.05) is 6.54 Å². The van der Waals surface area contributed by atoms with Crippen molar-refractivity contribution in [1.82, 2.24) is 5.32 Å².